The maximum atomic E-state index is 12.0. The van der Waals surface area contributed by atoms with E-state index in [0.717, 1.165) is 16.9 Å². The predicted octanol–water partition coefficient (Wildman–Crippen LogP) is 3.68. The molecule has 28 heavy (non-hydrogen) atoms. The third kappa shape index (κ3) is 5.49. The van der Waals surface area contributed by atoms with Crippen LogP contribution in [0.3, 0.4) is 0 Å². The van der Waals surface area contributed by atoms with Crippen LogP contribution >= 0.6 is 0 Å². The van der Waals surface area contributed by atoms with Crippen LogP contribution < -0.4 is 15.4 Å². The van der Waals surface area contributed by atoms with Crippen LogP contribution in [0.25, 0.3) is 11.1 Å². The van der Waals surface area contributed by atoms with Gasteiger partial charge in [0.15, 0.2) is 0 Å². The molecule has 6 nitrogen and oxygen atoms in total. The van der Waals surface area contributed by atoms with Crippen molar-refractivity contribution in [1.82, 2.24) is 10.6 Å². The van der Waals surface area contributed by atoms with Crippen molar-refractivity contribution in [3.8, 4) is 16.9 Å². The van der Waals surface area contributed by atoms with E-state index in [0.29, 0.717) is 38.8 Å². The average Bonchev–Trinajstić information content (AvgIpc) is 2.72. The van der Waals surface area contributed by atoms with Crippen molar-refractivity contribution >= 4 is 12.0 Å². The minimum absolute atomic E-state index is 0.0373. The summed E-state index contributed by atoms with van der Waals surface area (Å²) in [5, 5.41) is 14.7. The van der Waals surface area contributed by atoms with Crippen molar-refractivity contribution < 1.29 is 19.4 Å². The molecular formula is C22H26N2O4. The number of nitrogens with one attached hydrogen (secondary N) is 2. The smallest absolute Gasteiger partial charge is 0.315 e. The third-order valence-corrected chi connectivity index (χ3v) is 5.03. The molecule has 0 bridgehead atoms. The fraction of sp³-hybridized carbons (Fsp3) is 0.364. The summed E-state index contributed by atoms with van der Waals surface area (Å²) in [7, 11) is 0. The van der Waals surface area contributed by atoms with E-state index >= 15 is 0 Å². The molecule has 0 radical (unpaired) electrons. The number of amides is 2. The molecule has 3 N–H and O–H groups in total. The quantitative estimate of drug-likeness (QED) is 0.638. The number of benzene rings is 2. The van der Waals surface area contributed by atoms with Crippen molar-refractivity contribution in [1.29, 1.82) is 0 Å². The third-order valence-electron chi connectivity index (χ3n) is 5.03. The van der Waals surface area contributed by atoms with Crippen LogP contribution in [-0.2, 0) is 4.79 Å². The number of carboxylic acids is 1. The molecule has 1 aliphatic rings. The van der Waals surface area contributed by atoms with Gasteiger partial charge in [-0.2, -0.15) is 0 Å². The number of para-hydroxylation sites is 1. The first-order chi connectivity index (χ1) is 13.6. The predicted molar refractivity (Wildman–Crippen MR) is 107 cm³/mol. The normalized spacial score (nSPS) is 18.9. The van der Waals surface area contributed by atoms with Crippen LogP contribution in [0.5, 0.6) is 5.75 Å². The minimum Gasteiger partial charge on any atom is -0.491 e. The first-order valence-corrected chi connectivity index (χ1v) is 9.68. The number of ether oxygens (including phenoxy) is 1. The fourth-order valence-electron chi connectivity index (χ4n) is 3.50. The second kappa shape index (κ2) is 9.78. The summed E-state index contributed by atoms with van der Waals surface area (Å²) in [5.74, 6) is -0.238. The number of carbonyl (C=O) groups excluding carboxylic acids is 1. The van der Waals surface area contributed by atoms with Gasteiger partial charge in [0.05, 0.1) is 12.5 Å². The lowest BCUT2D eigenvalue weighted by Crippen LogP contribution is -2.45. The van der Waals surface area contributed by atoms with Crippen molar-refractivity contribution in [2.24, 2.45) is 5.92 Å². The Morgan fingerprint density at radius 3 is 2.36 bits per heavy atom. The van der Waals surface area contributed by atoms with Gasteiger partial charge in [0.1, 0.15) is 12.4 Å². The van der Waals surface area contributed by atoms with Gasteiger partial charge in [-0.15, -0.1) is 0 Å². The molecule has 0 unspecified atom stereocenters. The molecule has 148 valence electrons. The van der Waals surface area contributed by atoms with E-state index in [1.165, 1.54) is 0 Å². The molecule has 1 saturated carbocycles. The van der Waals surface area contributed by atoms with Gasteiger partial charge in [-0.25, -0.2) is 4.79 Å². The van der Waals surface area contributed by atoms with E-state index in [-0.39, 0.29) is 18.0 Å². The molecule has 0 saturated heterocycles. The van der Waals surface area contributed by atoms with Gasteiger partial charge in [0, 0.05) is 11.6 Å². The zero-order chi connectivity index (χ0) is 19.8. The van der Waals surface area contributed by atoms with E-state index in [9.17, 15) is 9.59 Å². The minimum atomic E-state index is -0.740. The highest BCUT2D eigenvalue weighted by Gasteiger charge is 2.26. The van der Waals surface area contributed by atoms with Gasteiger partial charge in [-0.1, -0.05) is 48.5 Å². The standard InChI is InChI=1S/C22H26N2O4/c25-21(26)17-10-12-18(13-11-17)24-22(27)23-14-15-28-20-9-5-4-8-19(20)16-6-2-1-3-7-16/h1-9,17-18H,10-15H2,(H,25,26)(H2,23,24,27). The zero-order valence-electron chi connectivity index (χ0n) is 15.8. The highest BCUT2D eigenvalue weighted by molar-refractivity contribution is 5.74. The summed E-state index contributed by atoms with van der Waals surface area (Å²) in [6.45, 7) is 0.752. The molecule has 0 atom stereocenters. The molecule has 0 aromatic heterocycles. The summed E-state index contributed by atoms with van der Waals surface area (Å²) < 4.78 is 5.86. The molecule has 1 fully saturated rings. The Morgan fingerprint density at radius 2 is 1.64 bits per heavy atom. The van der Waals surface area contributed by atoms with Crippen LogP contribution in [0, 0.1) is 5.92 Å². The Labute approximate surface area is 164 Å². The van der Waals surface area contributed by atoms with Crippen molar-refractivity contribution in [2.45, 2.75) is 31.7 Å². The van der Waals surface area contributed by atoms with E-state index in [1.807, 2.05) is 54.6 Å². The molecule has 0 aliphatic heterocycles. The Kier molecular flexibility index (Phi) is 6.89. The van der Waals surface area contributed by atoms with E-state index < -0.39 is 5.97 Å². The van der Waals surface area contributed by atoms with Gasteiger partial charge in [0.25, 0.3) is 0 Å². The highest BCUT2D eigenvalue weighted by atomic mass is 16.5. The summed E-state index contributed by atoms with van der Waals surface area (Å²) >= 11 is 0. The van der Waals surface area contributed by atoms with E-state index in [2.05, 4.69) is 10.6 Å². The maximum Gasteiger partial charge on any atom is 0.315 e. The average molecular weight is 382 g/mol. The number of carboxylic acid groups (broad SMARTS) is 1. The van der Waals surface area contributed by atoms with Gasteiger partial charge in [-0.05, 0) is 37.3 Å². The summed E-state index contributed by atoms with van der Waals surface area (Å²) in [6, 6.07) is 17.7. The molecule has 6 heteroatoms. The molecule has 2 aromatic carbocycles. The number of carbonyl (C=O) groups is 2. The van der Waals surface area contributed by atoms with Gasteiger partial charge in [0.2, 0.25) is 0 Å². The monoisotopic (exact) mass is 382 g/mol. The second-order valence-corrected chi connectivity index (χ2v) is 7.00. The molecule has 3 rings (SSSR count). The van der Waals surface area contributed by atoms with Crippen LogP contribution in [0.4, 0.5) is 4.79 Å². The van der Waals surface area contributed by atoms with Crippen molar-refractivity contribution in [2.75, 3.05) is 13.2 Å². The number of urea groups is 1. The Bertz CT molecular complexity index is 786. The Morgan fingerprint density at radius 1 is 0.964 bits per heavy atom. The van der Waals surface area contributed by atoms with Gasteiger partial charge < -0.3 is 20.5 Å². The highest BCUT2D eigenvalue weighted by Crippen LogP contribution is 2.29. The van der Waals surface area contributed by atoms with Crippen LogP contribution in [0.15, 0.2) is 54.6 Å². The number of hydrogen-bond acceptors (Lipinski definition) is 3. The molecule has 0 heterocycles. The SMILES string of the molecule is O=C(NCCOc1ccccc1-c1ccccc1)NC1CCC(C(=O)O)CC1. The van der Waals surface area contributed by atoms with E-state index in [4.69, 9.17) is 9.84 Å². The largest absolute Gasteiger partial charge is 0.491 e. The van der Waals surface area contributed by atoms with E-state index in [1.54, 1.807) is 0 Å². The zero-order valence-corrected chi connectivity index (χ0v) is 15.8. The number of hydrogen-bond donors (Lipinski definition) is 3. The maximum absolute atomic E-state index is 12.0. The summed E-state index contributed by atoms with van der Waals surface area (Å²) in [4.78, 5) is 23.0. The molecule has 0 spiro atoms. The lowest BCUT2D eigenvalue weighted by atomic mass is 9.86. The molecule has 2 amide bonds. The van der Waals surface area contributed by atoms with Crippen LogP contribution in [0.2, 0.25) is 0 Å². The topological polar surface area (TPSA) is 87.7 Å². The Balaban J connectivity index is 1.41. The second-order valence-electron chi connectivity index (χ2n) is 7.00. The number of aliphatic carboxylic acids is 1. The fourth-order valence-corrected chi connectivity index (χ4v) is 3.50. The van der Waals surface area contributed by atoms with Gasteiger partial charge >= 0.3 is 12.0 Å². The lowest BCUT2D eigenvalue weighted by Gasteiger charge is -2.26. The summed E-state index contributed by atoms with van der Waals surface area (Å²) in [6.07, 6.45) is 2.62. The first kappa shape index (κ1) is 19.7. The first-order valence-electron chi connectivity index (χ1n) is 9.68. The lowest BCUT2D eigenvalue weighted by molar-refractivity contribution is -0.142. The van der Waals surface area contributed by atoms with Crippen LogP contribution in [-0.4, -0.2) is 36.3 Å². The summed E-state index contributed by atoms with van der Waals surface area (Å²) in [5.41, 5.74) is 2.10. The molecule has 1 aliphatic carbocycles. The molecule has 2 aromatic rings. The van der Waals surface area contributed by atoms with Crippen LogP contribution in [0.1, 0.15) is 25.7 Å². The van der Waals surface area contributed by atoms with Crippen molar-refractivity contribution in [3.63, 3.8) is 0 Å². The Hall–Kier alpha value is -3.02. The van der Waals surface area contributed by atoms with Crippen molar-refractivity contribution in [3.05, 3.63) is 54.6 Å². The number of rotatable bonds is 7. The van der Waals surface area contributed by atoms with Gasteiger partial charge in [-0.3, -0.25) is 4.79 Å². The molecular weight excluding hydrogens is 356 g/mol.